The van der Waals surface area contributed by atoms with Gasteiger partial charge >= 0.3 is 11.3 Å². The van der Waals surface area contributed by atoms with Crippen LogP contribution in [0.2, 0.25) is 5.02 Å². The van der Waals surface area contributed by atoms with Gasteiger partial charge in [-0.1, -0.05) is 48.0 Å². The Morgan fingerprint density at radius 1 is 0.706 bits per heavy atom. The number of hydrogen-bond donors (Lipinski definition) is 1. The highest BCUT2D eigenvalue weighted by atomic mass is 35.5. The second-order valence-corrected chi connectivity index (χ2v) is 8.56. The van der Waals surface area contributed by atoms with Gasteiger partial charge in [0, 0.05) is 5.56 Å². The van der Waals surface area contributed by atoms with Gasteiger partial charge in [-0.15, -0.1) is 0 Å². The Morgan fingerprint density at radius 3 is 1.85 bits per heavy atom. The first kappa shape index (κ1) is 19.1. The van der Waals surface area contributed by atoms with Crippen molar-refractivity contribution >= 4 is 45.1 Å². The Bertz CT molecular complexity index is 1750. The third-order valence-electron chi connectivity index (χ3n) is 6.48. The summed E-state index contributed by atoms with van der Waals surface area (Å²) in [5, 5.41) is 4.02. The minimum absolute atomic E-state index is 0.0974. The molecule has 1 N–H and O–H groups in total. The second kappa shape index (κ2) is 6.36. The van der Waals surface area contributed by atoms with Crippen molar-refractivity contribution in [1.82, 2.24) is 0 Å². The van der Waals surface area contributed by atoms with E-state index < -0.39 is 22.6 Å². The molecule has 164 valence electrons. The van der Waals surface area contributed by atoms with Gasteiger partial charge in [-0.05, 0) is 30.3 Å². The summed E-state index contributed by atoms with van der Waals surface area (Å²) in [7, 11) is 0. The number of carbonyl (C=O) groups is 1. The standard InChI is InChI=1S/C26H12ClNO6/c27-15-9-5-8-14-20(15)28-25(31)26(14)18-21(12-6-1-3-10-16(12)32-23(18)29)34-22-13-7-2-4-11-17(13)33-24(30)19(22)26/h1-11H,(H,28,31). The van der Waals surface area contributed by atoms with Crippen molar-refractivity contribution in [3.05, 3.63) is 109 Å². The molecule has 4 heterocycles. The van der Waals surface area contributed by atoms with Crippen LogP contribution in [-0.4, -0.2) is 5.91 Å². The molecule has 0 saturated carbocycles. The number of hydrogen-bond acceptors (Lipinski definition) is 6. The summed E-state index contributed by atoms with van der Waals surface area (Å²) in [6, 6.07) is 18.7. The Morgan fingerprint density at radius 2 is 1.26 bits per heavy atom. The van der Waals surface area contributed by atoms with Gasteiger partial charge in [0.2, 0.25) is 5.91 Å². The smallest absolute Gasteiger partial charge is 0.345 e. The van der Waals surface area contributed by atoms with Crippen LogP contribution in [0.1, 0.15) is 16.7 Å². The maximum atomic E-state index is 13.9. The lowest BCUT2D eigenvalue weighted by atomic mass is 9.69. The molecule has 0 aliphatic carbocycles. The van der Waals surface area contributed by atoms with E-state index >= 15 is 0 Å². The lowest BCUT2D eigenvalue weighted by Crippen LogP contribution is -2.46. The number of fused-ring (bicyclic) bond motifs is 10. The second-order valence-electron chi connectivity index (χ2n) is 8.15. The Labute approximate surface area is 195 Å². The lowest BCUT2D eigenvalue weighted by Gasteiger charge is -2.34. The van der Waals surface area contributed by atoms with Crippen LogP contribution in [0.15, 0.2) is 85.2 Å². The summed E-state index contributed by atoms with van der Waals surface area (Å²) in [6.07, 6.45) is 0. The van der Waals surface area contributed by atoms with Crippen molar-refractivity contribution in [2.75, 3.05) is 5.32 Å². The molecule has 8 heteroatoms. The maximum absolute atomic E-state index is 13.9. The molecule has 7 rings (SSSR count). The summed E-state index contributed by atoms with van der Waals surface area (Å²) in [4.78, 5) is 40.8. The molecule has 7 nitrogen and oxygen atoms in total. The van der Waals surface area contributed by atoms with Gasteiger partial charge in [-0.2, -0.15) is 0 Å². The van der Waals surface area contributed by atoms with E-state index in [0.717, 1.165) is 0 Å². The molecular weight excluding hydrogens is 458 g/mol. The molecule has 2 aromatic heterocycles. The number of benzene rings is 3. The molecule has 2 aliphatic rings. The van der Waals surface area contributed by atoms with Gasteiger partial charge in [0.1, 0.15) is 27.7 Å². The zero-order valence-electron chi connectivity index (χ0n) is 17.2. The molecule has 1 spiro atoms. The molecular formula is C26H12ClNO6. The number of carbonyl (C=O) groups excluding carboxylic acids is 1. The lowest BCUT2D eigenvalue weighted by molar-refractivity contribution is -0.118. The average molecular weight is 470 g/mol. The molecule has 2 aliphatic heterocycles. The fourth-order valence-electron chi connectivity index (χ4n) is 5.12. The highest BCUT2D eigenvalue weighted by Gasteiger charge is 2.60. The quantitative estimate of drug-likeness (QED) is 0.322. The van der Waals surface area contributed by atoms with E-state index in [1.54, 1.807) is 66.7 Å². The first-order valence-corrected chi connectivity index (χ1v) is 10.8. The fraction of sp³-hybridized carbons (Fsp3) is 0.0385. The van der Waals surface area contributed by atoms with Crippen LogP contribution < -0.4 is 21.3 Å². The normalized spacial score (nSPS) is 15.0. The van der Waals surface area contributed by atoms with E-state index in [2.05, 4.69) is 5.32 Å². The van der Waals surface area contributed by atoms with Crippen molar-refractivity contribution in [2.24, 2.45) is 0 Å². The molecule has 5 aromatic rings. The third-order valence-corrected chi connectivity index (χ3v) is 6.80. The number of rotatable bonds is 0. The number of para-hydroxylation sites is 3. The van der Waals surface area contributed by atoms with Crippen molar-refractivity contribution in [1.29, 1.82) is 0 Å². The molecule has 0 bridgehead atoms. The molecule has 0 atom stereocenters. The number of amides is 1. The minimum Gasteiger partial charge on any atom is -0.455 e. The fourth-order valence-corrected chi connectivity index (χ4v) is 5.34. The molecule has 0 fully saturated rings. The van der Waals surface area contributed by atoms with Crippen LogP contribution in [0.3, 0.4) is 0 Å². The van der Waals surface area contributed by atoms with Crippen molar-refractivity contribution in [3.8, 4) is 11.5 Å². The maximum Gasteiger partial charge on any atom is 0.345 e. The number of nitrogens with one attached hydrogen (secondary N) is 1. The van der Waals surface area contributed by atoms with Gasteiger partial charge in [0.05, 0.1) is 21.5 Å². The van der Waals surface area contributed by atoms with Gasteiger partial charge in [0.15, 0.2) is 11.5 Å². The van der Waals surface area contributed by atoms with Crippen molar-refractivity contribution in [2.45, 2.75) is 5.41 Å². The summed E-state index contributed by atoms with van der Waals surface area (Å²) in [6.45, 7) is 0. The van der Waals surface area contributed by atoms with Crippen LogP contribution in [0.5, 0.6) is 11.5 Å². The zero-order chi connectivity index (χ0) is 23.2. The topological polar surface area (TPSA) is 98.8 Å². The molecule has 0 unspecified atom stereocenters. The van der Waals surface area contributed by atoms with E-state index in [1.807, 2.05) is 0 Å². The third kappa shape index (κ3) is 2.14. The molecule has 34 heavy (non-hydrogen) atoms. The van der Waals surface area contributed by atoms with Crippen LogP contribution in [0, 0.1) is 0 Å². The summed E-state index contributed by atoms with van der Waals surface area (Å²) >= 11 is 6.41. The highest BCUT2D eigenvalue weighted by molar-refractivity contribution is 6.35. The van der Waals surface area contributed by atoms with Gasteiger partial charge in [0.25, 0.3) is 0 Å². The Hall–Kier alpha value is -4.36. The molecule has 3 aromatic carbocycles. The van der Waals surface area contributed by atoms with Crippen molar-refractivity contribution in [3.63, 3.8) is 0 Å². The number of halogens is 1. The van der Waals surface area contributed by atoms with E-state index in [4.69, 9.17) is 25.2 Å². The van der Waals surface area contributed by atoms with Gasteiger partial charge in [-0.25, -0.2) is 9.59 Å². The number of anilines is 1. The van der Waals surface area contributed by atoms with Crippen LogP contribution >= 0.6 is 11.6 Å². The summed E-state index contributed by atoms with van der Waals surface area (Å²) in [5.74, 6) is -0.317. The average Bonchev–Trinajstić information content (AvgIpc) is 3.12. The van der Waals surface area contributed by atoms with Crippen LogP contribution in [0.4, 0.5) is 5.69 Å². The SMILES string of the molecule is O=C1Nc2c(Cl)cccc2C12c1c(c3ccccc3oc1=O)Oc1c2c(=O)oc2ccccc12. The van der Waals surface area contributed by atoms with E-state index in [-0.39, 0.29) is 27.6 Å². The predicted octanol–water partition coefficient (Wildman–Crippen LogP) is 4.95. The minimum atomic E-state index is -1.88. The van der Waals surface area contributed by atoms with E-state index in [9.17, 15) is 14.4 Å². The zero-order valence-corrected chi connectivity index (χ0v) is 17.9. The summed E-state index contributed by atoms with van der Waals surface area (Å²) in [5.41, 5.74) is -2.42. The molecule has 1 amide bonds. The highest BCUT2D eigenvalue weighted by Crippen LogP contribution is 2.57. The Balaban J connectivity index is 1.78. The van der Waals surface area contributed by atoms with Crippen LogP contribution in [-0.2, 0) is 10.2 Å². The Kier molecular flexibility index (Phi) is 3.58. The van der Waals surface area contributed by atoms with E-state index in [1.165, 1.54) is 0 Å². The van der Waals surface area contributed by atoms with Gasteiger partial charge < -0.3 is 18.9 Å². The monoisotopic (exact) mass is 469 g/mol. The summed E-state index contributed by atoms with van der Waals surface area (Å²) < 4.78 is 17.5. The van der Waals surface area contributed by atoms with Gasteiger partial charge in [-0.3, -0.25) is 4.79 Å². The van der Waals surface area contributed by atoms with Crippen molar-refractivity contribution < 1.29 is 18.4 Å². The van der Waals surface area contributed by atoms with E-state index in [0.29, 0.717) is 33.2 Å². The first-order valence-electron chi connectivity index (χ1n) is 10.4. The van der Waals surface area contributed by atoms with Crippen LogP contribution in [0.25, 0.3) is 21.9 Å². The largest absolute Gasteiger partial charge is 0.455 e. The number of ether oxygens (including phenoxy) is 1. The predicted molar refractivity (Wildman–Crippen MR) is 125 cm³/mol. The molecule has 0 radical (unpaired) electrons. The molecule has 0 saturated heterocycles. The first-order chi connectivity index (χ1) is 16.5.